The fourth-order valence-electron chi connectivity index (χ4n) is 1.22. The van der Waals surface area contributed by atoms with Gasteiger partial charge in [0, 0.05) is 0 Å². The van der Waals surface area contributed by atoms with Gasteiger partial charge in [0.2, 0.25) is 0 Å². The number of aliphatic hydroxyl groups is 1. The van der Waals surface area contributed by atoms with Crippen LogP contribution in [0.5, 0.6) is 0 Å². The van der Waals surface area contributed by atoms with Gasteiger partial charge in [-0.25, -0.2) is 0 Å². The van der Waals surface area contributed by atoms with Crippen molar-refractivity contribution in [3.05, 3.63) is 53.8 Å². The zero-order valence-corrected chi connectivity index (χ0v) is 9.60. The Balaban J connectivity index is 2.23. The minimum absolute atomic E-state index is 0.305. The quantitative estimate of drug-likeness (QED) is 0.744. The van der Waals surface area contributed by atoms with Gasteiger partial charge in [-0.1, -0.05) is 37.3 Å². The molecule has 0 spiro atoms. The Bertz CT molecular complexity index is 337. The van der Waals surface area contributed by atoms with Crippen LogP contribution in [0.15, 0.2) is 48.2 Å². The van der Waals surface area contributed by atoms with Gasteiger partial charge in [-0.05, 0) is 24.1 Å². The molecule has 16 heavy (non-hydrogen) atoms. The summed E-state index contributed by atoms with van der Waals surface area (Å²) < 4.78 is 5.38. The van der Waals surface area contributed by atoms with E-state index in [9.17, 15) is 5.11 Å². The van der Waals surface area contributed by atoms with Crippen LogP contribution in [0.1, 0.15) is 18.9 Å². The highest BCUT2D eigenvalue weighted by atomic mass is 16.5. The van der Waals surface area contributed by atoms with Crippen molar-refractivity contribution in [2.24, 2.45) is 0 Å². The molecule has 0 heterocycles. The molecule has 0 saturated heterocycles. The predicted octanol–water partition coefficient (Wildman–Crippen LogP) is 2.69. The van der Waals surface area contributed by atoms with E-state index in [0.29, 0.717) is 13.2 Å². The van der Waals surface area contributed by atoms with E-state index in [-0.39, 0.29) is 0 Å². The Labute approximate surface area is 96.9 Å². The largest absolute Gasteiger partial charge is 0.386 e. The first-order valence-electron chi connectivity index (χ1n) is 5.53. The lowest BCUT2D eigenvalue weighted by Crippen LogP contribution is -2.11. The molecule has 2 heteroatoms. The topological polar surface area (TPSA) is 29.5 Å². The summed E-state index contributed by atoms with van der Waals surface area (Å²) in [4.78, 5) is 0. The first-order valence-corrected chi connectivity index (χ1v) is 5.53. The normalized spacial score (nSPS) is 11.6. The molecule has 0 aliphatic carbocycles. The number of rotatable bonds is 6. The number of ether oxygens (including phenoxy) is 1. The van der Waals surface area contributed by atoms with Crippen LogP contribution in [-0.2, 0) is 11.3 Å². The van der Waals surface area contributed by atoms with Crippen LogP contribution >= 0.6 is 0 Å². The molecule has 1 N–H and O–H groups in total. The molecule has 86 valence electrons. The van der Waals surface area contributed by atoms with E-state index in [1.54, 1.807) is 6.08 Å². The summed E-state index contributed by atoms with van der Waals surface area (Å²) in [7, 11) is 0. The summed E-state index contributed by atoms with van der Waals surface area (Å²) in [6.45, 7) is 2.86. The lowest BCUT2D eigenvalue weighted by atomic mass is 10.2. The number of aliphatic hydroxyl groups excluding tert-OH is 1. The lowest BCUT2D eigenvalue weighted by molar-refractivity contribution is 0.0504. The summed E-state index contributed by atoms with van der Waals surface area (Å²) in [6.07, 6.45) is 3.84. The lowest BCUT2D eigenvalue weighted by Gasteiger charge is -2.06. The van der Waals surface area contributed by atoms with Crippen molar-refractivity contribution < 1.29 is 9.84 Å². The van der Waals surface area contributed by atoms with Gasteiger partial charge in [-0.2, -0.15) is 0 Å². The Morgan fingerprint density at radius 3 is 2.81 bits per heavy atom. The minimum atomic E-state index is -0.577. The minimum Gasteiger partial charge on any atom is -0.386 e. The molecular weight excluding hydrogens is 200 g/mol. The van der Waals surface area contributed by atoms with Gasteiger partial charge in [0.05, 0.1) is 13.2 Å². The molecule has 0 saturated carbocycles. The number of hydrogen-bond acceptors (Lipinski definition) is 2. The van der Waals surface area contributed by atoms with Gasteiger partial charge in [-0.3, -0.25) is 0 Å². The smallest absolute Gasteiger partial charge is 0.103 e. The average Bonchev–Trinajstić information content (AvgIpc) is 2.31. The molecule has 1 aromatic rings. The Morgan fingerprint density at radius 1 is 1.38 bits per heavy atom. The highest BCUT2D eigenvalue weighted by Crippen LogP contribution is 2.01. The fourth-order valence-corrected chi connectivity index (χ4v) is 1.22. The van der Waals surface area contributed by atoms with E-state index in [1.165, 1.54) is 0 Å². The molecule has 1 atom stereocenters. The average molecular weight is 218 g/mol. The summed E-state index contributed by atoms with van der Waals surface area (Å²) in [6, 6.07) is 9.91. The molecule has 0 aliphatic rings. The molecule has 0 amide bonds. The van der Waals surface area contributed by atoms with E-state index >= 15 is 0 Å². The van der Waals surface area contributed by atoms with E-state index in [4.69, 9.17) is 4.74 Å². The Hall–Kier alpha value is -1.34. The van der Waals surface area contributed by atoms with Gasteiger partial charge < -0.3 is 9.84 Å². The molecule has 0 fully saturated rings. The molecule has 1 rings (SSSR count). The van der Waals surface area contributed by atoms with Crippen molar-refractivity contribution in [3.8, 4) is 0 Å². The second-order valence-electron chi connectivity index (χ2n) is 3.51. The predicted molar refractivity (Wildman–Crippen MR) is 65.0 cm³/mol. The van der Waals surface area contributed by atoms with E-state index < -0.39 is 6.10 Å². The maximum absolute atomic E-state index is 9.49. The Morgan fingerprint density at radius 2 is 2.12 bits per heavy atom. The molecule has 0 unspecified atom stereocenters. The van der Waals surface area contributed by atoms with Gasteiger partial charge >= 0.3 is 0 Å². The third-order valence-corrected chi connectivity index (χ3v) is 2.01. The molecular formula is C14H18O2. The van der Waals surface area contributed by atoms with Crippen LogP contribution in [0.3, 0.4) is 0 Å². The van der Waals surface area contributed by atoms with Crippen molar-refractivity contribution in [2.45, 2.75) is 26.1 Å². The summed E-state index contributed by atoms with van der Waals surface area (Å²) >= 11 is 0. The molecule has 0 aliphatic heterocycles. The highest BCUT2D eigenvalue weighted by Gasteiger charge is 1.98. The van der Waals surface area contributed by atoms with E-state index in [0.717, 1.165) is 12.0 Å². The molecule has 0 bridgehead atoms. The number of hydrogen-bond donors (Lipinski definition) is 1. The second-order valence-corrected chi connectivity index (χ2v) is 3.51. The maximum Gasteiger partial charge on any atom is 0.103 e. The van der Waals surface area contributed by atoms with Crippen molar-refractivity contribution in [2.75, 3.05) is 6.61 Å². The monoisotopic (exact) mass is 218 g/mol. The molecule has 2 nitrogen and oxygen atoms in total. The number of benzene rings is 1. The summed E-state index contributed by atoms with van der Waals surface area (Å²) in [5, 5.41) is 9.49. The summed E-state index contributed by atoms with van der Waals surface area (Å²) in [5.41, 5.74) is 4.02. The van der Waals surface area contributed by atoms with Gasteiger partial charge in [0.15, 0.2) is 0 Å². The SMILES string of the molecule is CCC=C=C[C@H](O)COCc1ccccc1. The van der Waals surface area contributed by atoms with E-state index in [1.807, 2.05) is 43.3 Å². The molecule has 0 aromatic heterocycles. The molecule has 1 aromatic carbocycles. The molecule has 0 radical (unpaired) electrons. The summed E-state index contributed by atoms with van der Waals surface area (Å²) in [5.74, 6) is 0. The van der Waals surface area contributed by atoms with Crippen LogP contribution in [0.25, 0.3) is 0 Å². The van der Waals surface area contributed by atoms with Crippen molar-refractivity contribution in [1.29, 1.82) is 0 Å². The fraction of sp³-hybridized carbons (Fsp3) is 0.357. The maximum atomic E-state index is 9.49. The van der Waals surface area contributed by atoms with Gasteiger partial charge in [0.25, 0.3) is 0 Å². The third kappa shape index (κ3) is 5.52. The Kier molecular flexibility index (Phi) is 6.28. The van der Waals surface area contributed by atoms with Gasteiger partial charge in [0.1, 0.15) is 6.10 Å². The van der Waals surface area contributed by atoms with E-state index in [2.05, 4.69) is 5.73 Å². The van der Waals surface area contributed by atoms with Gasteiger partial charge in [-0.15, -0.1) is 5.73 Å². The van der Waals surface area contributed by atoms with Crippen molar-refractivity contribution >= 4 is 0 Å². The highest BCUT2D eigenvalue weighted by molar-refractivity contribution is 5.13. The van der Waals surface area contributed by atoms with Crippen LogP contribution < -0.4 is 0 Å². The van der Waals surface area contributed by atoms with Crippen molar-refractivity contribution in [1.82, 2.24) is 0 Å². The van der Waals surface area contributed by atoms with Crippen LogP contribution in [0.4, 0.5) is 0 Å². The zero-order chi connectivity index (χ0) is 11.6. The second kappa shape index (κ2) is 7.89. The standard InChI is InChI=1S/C14H18O2/c1-2-3-5-10-14(15)12-16-11-13-8-6-4-7-9-13/h3-4,6-10,14-15H,2,11-12H2,1H3/t5?,14-/m0/s1. The van der Waals surface area contributed by atoms with Crippen LogP contribution in [0, 0.1) is 0 Å². The zero-order valence-electron chi connectivity index (χ0n) is 9.60. The first-order chi connectivity index (χ1) is 7.83. The van der Waals surface area contributed by atoms with Crippen molar-refractivity contribution in [3.63, 3.8) is 0 Å². The van der Waals surface area contributed by atoms with Crippen LogP contribution in [0.2, 0.25) is 0 Å². The third-order valence-electron chi connectivity index (χ3n) is 2.01. The first kappa shape index (κ1) is 12.7. The van der Waals surface area contributed by atoms with Crippen LogP contribution in [-0.4, -0.2) is 17.8 Å².